The van der Waals surface area contributed by atoms with Crippen LogP contribution in [0.25, 0.3) is 0 Å². The van der Waals surface area contributed by atoms with Gasteiger partial charge in [0.25, 0.3) is 0 Å². The summed E-state index contributed by atoms with van der Waals surface area (Å²) in [4.78, 5) is 27.8. The predicted octanol–water partition coefficient (Wildman–Crippen LogP) is 3.86. The molecule has 2 aromatic rings. The molecule has 7 nitrogen and oxygen atoms in total. The Morgan fingerprint density at radius 3 is 2.76 bits per heavy atom. The molecule has 0 aromatic heterocycles. The van der Waals surface area contributed by atoms with Crippen molar-refractivity contribution in [2.75, 3.05) is 20.2 Å². The van der Waals surface area contributed by atoms with Crippen molar-refractivity contribution in [3.63, 3.8) is 0 Å². The van der Waals surface area contributed by atoms with Crippen LogP contribution in [-0.4, -0.2) is 60.2 Å². The number of carbonyl (C=O) groups excluding carboxylic acids is 2. The van der Waals surface area contributed by atoms with Crippen LogP contribution in [0.4, 0.5) is 4.39 Å². The number of nitrogens with zero attached hydrogens (tertiary/aromatic N) is 1. The van der Waals surface area contributed by atoms with E-state index in [0.717, 1.165) is 25.7 Å². The van der Waals surface area contributed by atoms with Crippen LogP contribution < -0.4 is 15.4 Å². The molecule has 2 bridgehead atoms. The normalized spacial score (nSPS) is 22.3. The van der Waals surface area contributed by atoms with Crippen LogP contribution in [0.5, 0.6) is 5.75 Å². The summed E-state index contributed by atoms with van der Waals surface area (Å²) in [5.74, 6) is 1.86. The lowest BCUT2D eigenvalue weighted by molar-refractivity contribution is -0.139. The van der Waals surface area contributed by atoms with E-state index in [1.807, 2.05) is 0 Å². The van der Waals surface area contributed by atoms with Crippen molar-refractivity contribution in [2.24, 2.45) is 0 Å². The SMILES string of the molecule is C#CCC1C(=O)NC(C(O)CNC2(c3cccc(CC)c3)CC2)Cc2cc(F)cc(c2)OCCCCCC(=O)N1C. The highest BCUT2D eigenvalue weighted by Crippen LogP contribution is 2.45. The fourth-order valence-electron chi connectivity index (χ4n) is 5.47. The third kappa shape index (κ3) is 8.08. The Labute approximate surface area is 242 Å². The molecule has 0 saturated heterocycles. The van der Waals surface area contributed by atoms with Gasteiger partial charge in [-0.05, 0) is 73.8 Å². The molecule has 0 radical (unpaired) electrons. The molecule has 1 fully saturated rings. The number of carbonyl (C=O) groups is 2. The second-order valence-corrected chi connectivity index (χ2v) is 11.3. The molecule has 2 aromatic carbocycles. The molecule has 3 unspecified atom stereocenters. The van der Waals surface area contributed by atoms with Gasteiger partial charge in [-0.15, -0.1) is 12.3 Å². The molecule has 2 aliphatic rings. The van der Waals surface area contributed by atoms with E-state index in [9.17, 15) is 19.1 Å². The Kier molecular flexibility index (Phi) is 10.4. The summed E-state index contributed by atoms with van der Waals surface area (Å²) >= 11 is 0. The Balaban J connectivity index is 1.57. The van der Waals surface area contributed by atoms with Gasteiger partial charge in [0, 0.05) is 38.0 Å². The van der Waals surface area contributed by atoms with Crippen molar-refractivity contribution in [1.82, 2.24) is 15.5 Å². The molecule has 2 amide bonds. The van der Waals surface area contributed by atoms with Crippen molar-refractivity contribution in [3.05, 3.63) is 65.0 Å². The molecule has 1 heterocycles. The summed E-state index contributed by atoms with van der Waals surface area (Å²) in [5.41, 5.74) is 2.81. The number of aliphatic hydroxyl groups excluding tert-OH is 1. The van der Waals surface area contributed by atoms with E-state index < -0.39 is 29.9 Å². The van der Waals surface area contributed by atoms with E-state index in [2.05, 4.69) is 47.7 Å². The lowest BCUT2D eigenvalue weighted by Gasteiger charge is -2.31. The van der Waals surface area contributed by atoms with Gasteiger partial charge in [0.2, 0.25) is 11.8 Å². The number of halogens is 1. The van der Waals surface area contributed by atoms with Gasteiger partial charge < -0.3 is 25.4 Å². The largest absolute Gasteiger partial charge is 0.493 e. The van der Waals surface area contributed by atoms with Crippen molar-refractivity contribution in [2.45, 2.75) is 88.4 Å². The second-order valence-electron chi connectivity index (χ2n) is 11.3. The third-order valence-corrected chi connectivity index (χ3v) is 8.24. The number of rotatable bonds is 7. The first-order valence-corrected chi connectivity index (χ1v) is 14.7. The van der Waals surface area contributed by atoms with Crippen LogP contribution in [0.3, 0.4) is 0 Å². The van der Waals surface area contributed by atoms with Crippen molar-refractivity contribution >= 4 is 11.8 Å². The van der Waals surface area contributed by atoms with Gasteiger partial charge in [-0.2, -0.15) is 0 Å². The van der Waals surface area contributed by atoms with Gasteiger partial charge in [0.15, 0.2) is 0 Å². The maximum atomic E-state index is 14.6. The van der Waals surface area contributed by atoms with Crippen LogP contribution in [0.15, 0.2) is 42.5 Å². The highest BCUT2D eigenvalue weighted by Gasteiger charge is 2.44. The Morgan fingerprint density at radius 2 is 2.02 bits per heavy atom. The van der Waals surface area contributed by atoms with Crippen molar-refractivity contribution in [3.8, 4) is 18.1 Å². The lowest BCUT2D eigenvalue weighted by Crippen LogP contribution is -2.55. The number of ether oxygens (including phenoxy) is 1. The fourth-order valence-corrected chi connectivity index (χ4v) is 5.47. The van der Waals surface area contributed by atoms with Gasteiger partial charge in [0.05, 0.1) is 18.8 Å². The topological polar surface area (TPSA) is 90.9 Å². The lowest BCUT2D eigenvalue weighted by atomic mass is 9.97. The first kappa shape index (κ1) is 30.5. The maximum Gasteiger partial charge on any atom is 0.244 e. The summed E-state index contributed by atoms with van der Waals surface area (Å²) in [6, 6.07) is 11.3. The zero-order valence-electron chi connectivity index (χ0n) is 24.1. The third-order valence-electron chi connectivity index (χ3n) is 8.24. The molecule has 3 atom stereocenters. The average Bonchev–Trinajstić information content (AvgIpc) is 3.76. The van der Waals surface area contributed by atoms with Gasteiger partial charge in [-0.3, -0.25) is 9.59 Å². The molecule has 1 saturated carbocycles. The number of aliphatic hydroxyl groups is 1. The van der Waals surface area contributed by atoms with Crippen LogP contribution in [0, 0.1) is 18.2 Å². The van der Waals surface area contributed by atoms with Gasteiger partial charge in [0.1, 0.15) is 17.6 Å². The van der Waals surface area contributed by atoms with Crippen LogP contribution >= 0.6 is 0 Å². The maximum absolute atomic E-state index is 14.6. The smallest absolute Gasteiger partial charge is 0.244 e. The minimum Gasteiger partial charge on any atom is -0.493 e. The first-order valence-electron chi connectivity index (χ1n) is 14.7. The molecule has 0 spiro atoms. The Morgan fingerprint density at radius 1 is 1.22 bits per heavy atom. The molecule has 8 heteroatoms. The second kappa shape index (κ2) is 14.0. The fraction of sp³-hybridized carbons (Fsp3) is 0.515. The Hall–Kier alpha value is -3.41. The number of hydrogen-bond donors (Lipinski definition) is 3. The molecular formula is C33H42FN3O4. The standard InChI is InChI=1S/C33H42FN3O4/c1-4-10-29-32(40)36-28(30(38)22-35-33(14-15-33)25-12-9-11-23(5-2)17-25)20-24-18-26(34)21-27(19-24)41-16-8-6-7-13-31(39)37(29)3/h1,9,11-12,17-19,21,28-30,35,38H,5-8,10,13-16,20,22H2,2-3H3,(H,36,40). The summed E-state index contributed by atoms with van der Waals surface area (Å²) in [6.07, 6.45) is 10.0. The zero-order chi connectivity index (χ0) is 29.4. The van der Waals surface area contributed by atoms with Gasteiger partial charge >= 0.3 is 0 Å². The summed E-state index contributed by atoms with van der Waals surface area (Å²) in [6.45, 7) is 2.74. The molecule has 41 heavy (non-hydrogen) atoms. The summed E-state index contributed by atoms with van der Waals surface area (Å²) in [7, 11) is 1.59. The number of terminal acetylenes is 1. The monoisotopic (exact) mass is 563 g/mol. The van der Waals surface area contributed by atoms with Crippen LogP contribution in [0.2, 0.25) is 0 Å². The summed E-state index contributed by atoms with van der Waals surface area (Å²) < 4.78 is 20.3. The molecule has 4 rings (SSSR count). The van der Waals surface area contributed by atoms with E-state index in [4.69, 9.17) is 11.2 Å². The number of amides is 2. The number of fused-ring (bicyclic) bond motifs is 2. The summed E-state index contributed by atoms with van der Waals surface area (Å²) in [5, 5.41) is 17.9. The number of benzene rings is 2. The number of nitrogens with one attached hydrogen (secondary N) is 2. The van der Waals surface area contributed by atoms with E-state index in [1.165, 1.54) is 28.2 Å². The van der Waals surface area contributed by atoms with Crippen LogP contribution in [-0.2, 0) is 28.0 Å². The minimum absolute atomic E-state index is 0.0456. The minimum atomic E-state index is -0.996. The predicted molar refractivity (Wildman–Crippen MR) is 157 cm³/mol. The highest BCUT2D eigenvalue weighted by atomic mass is 19.1. The first-order chi connectivity index (χ1) is 19.7. The van der Waals surface area contributed by atoms with E-state index in [0.29, 0.717) is 30.8 Å². The van der Waals surface area contributed by atoms with E-state index in [1.54, 1.807) is 13.1 Å². The van der Waals surface area contributed by atoms with Crippen molar-refractivity contribution < 1.29 is 23.8 Å². The van der Waals surface area contributed by atoms with Crippen LogP contribution in [0.1, 0.15) is 68.6 Å². The molecule has 220 valence electrons. The van der Waals surface area contributed by atoms with E-state index >= 15 is 0 Å². The number of hydrogen-bond acceptors (Lipinski definition) is 5. The van der Waals surface area contributed by atoms with E-state index in [-0.39, 0.29) is 37.3 Å². The molecule has 3 N–H and O–H groups in total. The van der Waals surface area contributed by atoms with Crippen molar-refractivity contribution in [1.29, 1.82) is 0 Å². The Bertz CT molecular complexity index is 1260. The van der Waals surface area contributed by atoms with Gasteiger partial charge in [-0.1, -0.05) is 31.2 Å². The molecule has 1 aliphatic heterocycles. The average molecular weight is 564 g/mol. The zero-order valence-corrected chi connectivity index (χ0v) is 24.1. The molecular weight excluding hydrogens is 521 g/mol. The number of likely N-dealkylation sites (N-methyl/N-ethyl adjacent to an activating group) is 1. The quantitative estimate of drug-likeness (QED) is 0.445. The number of aryl methyl sites for hydroxylation is 1. The molecule has 1 aliphatic carbocycles. The van der Waals surface area contributed by atoms with Gasteiger partial charge in [-0.25, -0.2) is 4.39 Å². The highest BCUT2D eigenvalue weighted by molar-refractivity contribution is 5.88.